The van der Waals surface area contributed by atoms with Crippen LogP contribution in [0, 0.1) is 12.7 Å². The first-order valence-electron chi connectivity index (χ1n) is 5.78. The lowest BCUT2D eigenvalue weighted by molar-refractivity contribution is 0.0691. The number of sulfonamides is 1. The zero-order valence-corrected chi connectivity index (χ0v) is 11.7. The Bertz CT molecular complexity index is 806. The van der Waals surface area contributed by atoms with Crippen LogP contribution in [-0.2, 0) is 10.0 Å². The molecular weight excluding hydrogens is 299 g/mol. The van der Waals surface area contributed by atoms with Gasteiger partial charge in [-0.2, -0.15) is 0 Å². The van der Waals surface area contributed by atoms with Crippen molar-refractivity contribution < 1.29 is 22.7 Å². The highest BCUT2D eigenvalue weighted by Gasteiger charge is 2.19. The summed E-state index contributed by atoms with van der Waals surface area (Å²) in [7, 11) is -4.05. The summed E-state index contributed by atoms with van der Waals surface area (Å²) < 4.78 is 39.8. The smallest absolute Gasteiger partial charge is 0.338 e. The van der Waals surface area contributed by atoms with E-state index in [-0.39, 0.29) is 10.7 Å². The highest BCUT2D eigenvalue weighted by Crippen LogP contribution is 2.18. The van der Waals surface area contributed by atoms with Gasteiger partial charge in [-0.25, -0.2) is 22.6 Å². The molecule has 2 rings (SSSR count). The number of carbonyl (C=O) groups is 1. The van der Waals surface area contributed by atoms with Gasteiger partial charge in [-0.15, -0.1) is 0 Å². The molecule has 0 saturated carbocycles. The minimum absolute atomic E-state index is 0.0937. The van der Waals surface area contributed by atoms with E-state index in [9.17, 15) is 17.6 Å². The van der Waals surface area contributed by atoms with E-state index in [4.69, 9.17) is 5.11 Å². The summed E-state index contributed by atoms with van der Waals surface area (Å²) in [5.74, 6) is -2.45. The minimum atomic E-state index is -4.05. The molecule has 0 saturated heterocycles. The number of halogens is 1. The molecule has 0 radical (unpaired) electrons. The van der Waals surface area contributed by atoms with Crippen molar-refractivity contribution in [2.75, 3.05) is 4.72 Å². The lowest BCUT2D eigenvalue weighted by atomic mass is 10.2. The number of hydrogen-bond donors (Lipinski definition) is 2. The van der Waals surface area contributed by atoms with Gasteiger partial charge in [-0.1, -0.05) is 0 Å². The van der Waals surface area contributed by atoms with Crippen molar-refractivity contribution in [2.24, 2.45) is 0 Å². The van der Waals surface area contributed by atoms with Gasteiger partial charge in [0.15, 0.2) is 0 Å². The van der Waals surface area contributed by atoms with Crippen LogP contribution in [0.1, 0.15) is 15.9 Å². The van der Waals surface area contributed by atoms with Crippen molar-refractivity contribution in [1.29, 1.82) is 0 Å². The molecule has 0 aliphatic rings. The lowest BCUT2D eigenvalue weighted by Crippen LogP contribution is -2.15. The Labute approximate surface area is 120 Å². The van der Waals surface area contributed by atoms with Crippen LogP contribution in [0.25, 0.3) is 0 Å². The van der Waals surface area contributed by atoms with E-state index in [1.165, 1.54) is 12.3 Å². The van der Waals surface area contributed by atoms with Gasteiger partial charge < -0.3 is 5.11 Å². The van der Waals surface area contributed by atoms with Crippen LogP contribution >= 0.6 is 0 Å². The summed E-state index contributed by atoms with van der Waals surface area (Å²) in [5.41, 5.74) is 0.0862. The van der Waals surface area contributed by atoms with Gasteiger partial charge in [-0.05, 0) is 42.8 Å². The SMILES string of the molecule is Cc1ccnc(NS(=O)(=O)c2ccc(F)c(C(=O)O)c2)c1. The number of rotatable bonds is 4. The minimum Gasteiger partial charge on any atom is -0.478 e. The van der Waals surface area contributed by atoms with E-state index in [1.807, 2.05) is 0 Å². The third-order valence-electron chi connectivity index (χ3n) is 2.63. The van der Waals surface area contributed by atoms with Gasteiger partial charge in [0.1, 0.15) is 11.6 Å². The summed E-state index contributed by atoms with van der Waals surface area (Å²) in [5, 5.41) is 8.81. The van der Waals surface area contributed by atoms with Crippen LogP contribution in [0.15, 0.2) is 41.4 Å². The quantitative estimate of drug-likeness (QED) is 0.900. The van der Waals surface area contributed by atoms with Crippen LogP contribution in [0.3, 0.4) is 0 Å². The molecule has 0 amide bonds. The van der Waals surface area contributed by atoms with Crippen LogP contribution in [0.4, 0.5) is 10.2 Å². The largest absolute Gasteiger partial charge is 0.478 e. The number of hydrogen-bond acceptors (Lipinski definition) is 4. The number of nitrogens with one attached hydrogen (secondary N) is 1. The molecule has 0 bridgehead atoms. The number of carboxylic acid groups (broad SMARTS) is 1. The van der Waals surface area contributed by atoms with E-state index < -0.39 is 27.4 Å². The van der Waals surface area contributed by atoms with Gasteiger partial charge in [0, 0.05) is 6.20 Å². The van der Waals surface area contributed by atoms with E-state index in [2.05, 4.69) is 9.71 Å². The van der Waals surface area contributed by atoms with Gasteiger partial charge in [0.2, 0.25) is 0 Å². The Morgan fingerprint density at radius 3 is 2.62 bits per heavy atom. The predicted molar refractivity (Wildman–Crippen MR) is 73.1 cm³/mol. The molecule has 2 aromatic rings. The van der Waals surface area contributed by atoms with Crippen LogP contribution in [0.2, 0.25) is 0 Å². The second-order valence-corrected chi connectivity index (χ2v) is 5.95. The third-order valence-corrected chi connectivity index (χ3v) is 3.99. The van der Waals surface area contributed by atoms with Crippen molar-refractivity contribution in [3.8, 4) is 0 Å². The predicted octanol–water partition coefficient (Wildman–Crippen LogP) is 2.03. The fraction of sp³-hybridized carbons (Fsp3) is 0.0769. The molecule has 1 aromatic heterocycles. The van der Waals surface area contributed by atoms with Crippen molar-refractivity contribution in [2.45, 2.75) is 11.8 Å². The second kappa shape index (κ2) is 5.49. The second-order valence-electron chi connectivity index (χ2n) is 4.27. The average molecular weight is 310 g/mol. The molecule has 0 spiro atoms. The molecule has 0 fully saturated rings. The fourth-order valence-electron chi connectivity index (χ4n) is 1.62. The lowest BCUT2D eigenvalue weighted by Gasteiger charge is -2.08. The molecule has 0 unspecified atom stereocenters. The fourth-order valence-corrected chi connectivity index (χ4v) is 2.65. The number of aromatic nitrogens is 1. The van der Waals surface area contributed by atoms with Crippen molar-refractivity contribution in [1.82, 2.24) is 4.98 Å². The molecule has 110 valence electrons. The van der Waals surface area contributed by atoms with E-state index in [0.29, 0.717) is 0 Å². The Kier molecular flexibility index (Phi) is 3.90. The zero-order valence-electron chi connectivity index (χ0n) is 10.9. The van der Waals surface area contributed by atoms with Crippen molar-refractivity contribution in [3.05, 3.63) is 53.5 Å². The molecule has 0 aliphatic heterocycles. The molecule has 0 atom stereocenters. The van der Waals surface area contributed by atoms with Crippen LogP contribution in [-0.4, -0.2) is 24.5 Å². The maximum Gasteiger partial charge on any atom is 0.338 e. The number of anilines is 1. The number of nitrogens with zero attached hydrogens (tertiary/aromatic N) is 1. The summed E-state index contributed by atoms with van der Waals surface area (Å²) >= 11 is 0. The first-order valence-corrected chi connectivity index (χ1v) is 7.26. The highest BCUT2D eigenvalue weighted by atomic mass is 32.2. The standard InChI is InChI=1S/C13H11FN2O4S/c1-8-4-5-15-12(6-8)16-21(19,20)9-2-3-11(14)10(7-9)13(17)18/h2-7H,1H3,(H,15,16)(H,17,18). The zero-order chi connectivity index (χ0) is 15.6. The first kappa shape index (κ1) is 14.9. The van der Waals surface area contributed by atoms with Crippen LogP contribution < -0.4 is 4.72 Å². The molecule has 1 aromatic carbocycles. The summed E-state index contributed by atoms with van der Waals surface area (Å²) in [6.07, 6.45) is 1.43. The van der Waals surface area contributed by atoms with E-state index in [0.717, 1.165) is 23.8 Å². The number of aromatic carboxylic acids is 1. The van der Waals surface area contributed by atoms with Gasteiger partial charge in [0.05, 0.1) is 10.5 Å². The maximum atomic E-state index is 13.3. The number of benzene rings is 1. The summed E-state index contributed by atoms with van der Waals surface area (Å²) in [6.45, 7) is 1.76. The average Bonchev–Trinajstić information content (AvgIpc) is 2.38. The number of carboxylic acids is 1. The Balaban J connectivity index is 2.40. The molecule has 1 heterocycles. The molecular formula is C13H11FN2O4S. The number of aryl methyl sites for hydroxylation is 1. The van der Waals surface area contributed by atoms with Gasteiger partial charge in [0.25, 0.3) is 10.0 Å². The van der Waals surface area contributed by atoms with E-state index >= 15 is 0 Å². The molecule has 21 heavy (non-hydrogen) atoms. The normalized spacial score (nSPS) is 11.1. The third kappa shape index (κ3) is 3.34. The topological polar surface area (TPSA) is 96.4 Å². The Hall–Kier alpha value is -2.48. The summed E-state index contributed by atoms with van der Waals surface area (Å²) in [4.78, 5) is 14.3. The highest BCUT2D eigenvalue weighted by molar-refractivity contribution is 7.92. The van der Waals surface area contributed by atoms with Gasteiger partial charge >= 0.3 is 5.97 Å². The van der Waals surface area contributed by atoms with Crippen molar-refractivity contribution in [3.63, 3.8) is 0 Å². The number of pyridine rings is 1. The van der Waals surface area contributed by atoms with Crippen LogP contribution in [0.5, 0.6) is 0 Å². The molecule has 2 N–H and O–H groups in total. The van der Waals surface area contributed by atoms with Crippen molar-refractivity contribution >= 4 is 21.8 Å². The first-order chi connectivity index (χ1) is 9.79. The summed E-state index contributed by atoms with van der Waals surface area (Å²) in [6, 6.07) is 5.74. The Morgan fingerprint density at radius 1 is 1.29 bits per heavy atom. The molecule has 6 nitrogen and oxygen atoms in total. The monoisotopic (exact) mass is 310 g/mol. The van der Waals surface area contributed by atoms with Gasteiger partial charge in [-0.3, -0.25) is 4.72 Å². The molecule has 8 heteroatoms. The molecule has 0 aliphatic carbocycles. The van der Waals surface area contributed by atoms with E-state index in [1.54, 1.807) is 13.0 Å². The Morgan fingerprint density at radius 2 is 2.00 bits per heavy atom. The maximum absolute atomic E-state index is 13.3.